The molecule has 2 aromatic rings. The van der Waals surface area contributed by atoms with E-state index in [0.717, 1.165) is 41.9 Å². The van der Waals surface area contributed by atoms with Gasteiger partial charge in [0.25, 0.3) is 0 Å². The smallest absolute Gasteiger partial charge is 0.130 e. The zero-order valence-corrected chi connectivity index (χ0v) is 13.5. The summed E-state index contributed by atoms with van der Waals surface area (Å²) in [6, 6.07) is 5.94. The maximum Gasteiger partial charge on any atom is 0.130 e. The van der Waals surface area contributed by atoms with Gasteiger partial charge in [-0.2, -0.15) is 0 Å². The van der Waals surface area contributed by atoms with Crippen LogP contribution in [0.5, 0.6) is 5.75 Å². The molecular weight excluding hydrogens is 278 g/mol. The van der Waals surface area contributed by atoms with E-state index < -0.39 is 6.10 Å². The van der Waals surface area contributed by atoms with Crippen LogP contribution in [0.1, 0.15) is 18.6 Å². The normalized spacial score (nSPS) is 23.6. The van der Waals surface area contributed by atoms with Gasteiger partial charge in [0.05, 0.1) is 13.7 Å². The van der Waals surface area contributed by atoms with Gasteiger partial charge >= 0.3 is 0 Å². The van der Waals surface area contributed by atoms with Gasteiger partial charge in [-0.05, 0) is 25.1 Å². The fourth-order valence-corrected chi connectivity index (χ4v) is 3.42. The van der Waals surface area contributed by atoms with Gasteiger partial charge in [-0.15, -0.1) is 0 Å². The van der Waals surface area contributed by atoms with E-state index in [1.807, 2.05) is 24.4 Å². The summed E-state index contributed by atoms with van der Waals surface area (Å²) in [5.41, 5.74) is 2.02. The minimum absolute atomic E-state index is 0.431. The Hall–Kier alpha value is -1.56. The summed E-state index contributed by atoms with van der Waals surface area (Å²) in [6.45, 7) is 8.94. The van der Waals surface area contributed by atoms with E-state index in [4.69, 9.17) is 4.74 Å². The SMILES string of the molecule is CC[NH+]1CC[NH+](C[C@H](O)c2c[nH]c3ccc(OC)cc23)CC1. The Bertz CT molecular complexity index is 617. The topological polar surface area (TPSA) is 54.1 Å². The summed E-state index contributed by atoms with van der Waals surface area (Å²) in [7, 11) is 1.67. The summed E-state index contributed by atoms with van der Waals surface area (Å²) in [6.07, 6.45) is 1.50. The van der Waals surface area contributed by atoms with Gasteiger partial charge in [-0.1, -0.05) is 0 Å². The lowest BCUT2D eigenvalue weighted by Gasteiger charge is -2.30. The molecule has 5 heteroatoms. The van der Waals surface area contributed by atoms with Crippen LogP contribution < -0.4 is 14.5 Å². The number of aliphatic hydroxyl groups excluding tert-OH is 1. The Morgan fingerprint density at radius 2 is 1.95 bits per heavy atom. The summed E-state index contributed by atoms with van der Waals surface area (Å²) in [5.74, 6) is 0.827. The number of aromatic nitrogens is 1. The number of hydrogen-bond donors (Lipinski definition) is 4. The van der Waals surface area contributed by atoms with Crippen LogP contribution in [0, 0.1) is 0 Å². The van der Waals surface area contributed by atoms with Gasteiger partial charge in [0.2, 0.25) is 0 Å². The lowest BCUT2D eigenvalue weighted by molar-refractivity contribution is -1.01. The van der Waals surface area contributed by atoms with Crippen molar-refractivity contribution in [3.8, 4) is 5.75 Å². The molecule has 4 N–H and O–H groups in total. The standard InChI is InChI=1S/C17H25N3O2/c1-3-19-6-8-20(9-7-19)12-17(21)15-11-18-16-5-4-13(22-2)10-14(15)16/h4-5,10-11,17-18,21H,3,6-9,12H2,1-2H3/p+2/t17-/m0/s1. The maximum absolute atomic E-state index is 10.7. The molecular formula is C17H27N3O2+2. The van der Waals surface area contributed by atoms with Crippen molar-refractivity contribution in [2.24, 2.45) is 0 Å². The molecule has 1 atom stereocenters. The molecule has 1 aromatic heterocycles. The zero-order chi connectivity index (χ0) is 15.5. The zero-order valence-electron chi connectivity index (χ0n) is 13.5. The number of ether oxygens (including phenoxy) is 1. The fourth-order valence-electron chi connectivity index (χ4n) is 3.42. The molecule has 2 heterocycles. The highest BCUT2D eigenvalue weighted by atomic mass is 16.5. The van der Waals surface area contributed by atoms with Crippen LogP contribution in [-0.2, 0) is 0 Å². The van der Waals surface area contributed by atoms with Crippen molar-refractivity contribution in [2.75, 3.05) is 46.4 Å². The van der Waals surface area contributed by atoms with Gasteiger partial charge in [-0.25, -0.2) is 0 Å². The summed E-state index contributed by atoms with van der Waals surface area (Å²) >= 11 is 0. The summed E-state index contributed by atoms with van der Waals surface area (Å²) in [5, 5.41) is 11.7. The van der Waals surface area contributed by atoms with Crippen LogP contribution in [0.4, 0.5) is 0 Å². The number of quaternary nitrogens is 2. The number of fused-ring (bicyclic) bond motifs is 1. The number of aliphatic hydroxyl groups is 1. The molecule has 0 saturated carbocycles. The highest BCUT2D eigenvalue weighted by Crippen LogP contribution is 2.27. The molecule has 1 aliphatic heterocycles. The monoisotopic (exact) mass is 305 g/mol. The van der Waals surface area contributed by atoms with Gasteiger partial charge in [0, 0.05) is 22.7 Å². The number of hydrogen-bond acceptors (Lipinski definition) is 2. The number of benzene rings is 1. The van der Waals surface area contributed by atoms with Crippen molar-refractivity contribution in [3.05, 3.63) is 30.0 Å². The van der Waals surface area contributed by atoms with Crippen LogP contribution in [0.2, 0.25) is 0 Å². The third-order valence-electron chi connectivity index (χ3n) is 4.93. The van der Waals surface area contributed by atoms with E-state index >= 15 is 0 Å². The number of nitrogens with one attached hydrogen (secondary N) is 3. The van der Waals surface area contributed by atoms with Crippen molar-refractivity contribution in [1.82, 2.24) is 4.98 Å². The molecule has 0 aliphatic carbocycles. The molecule has 0 bridgehead atoms. The van der Waals surface area contributed by atoms with Crippen LogP contribution in [-0.4, -0.2) is 56.5 Å². The lowest BCUT2D eigenvalue weighted by atomic mass is 10.1. The molecule has 0 amide bonds. The molecule has 1 fully saturated rings. The fraction of sp³-hybridized carbons (Fsp3) is 0.529. The van der Waals surface area contributed by atoms with E-state index in [0.29, 0.717) is 0 Å². The van der Waals surface area contributed by atoms with Gasteiger partial charge < -0.3 is 24.6 Å². The Balaban J connectivity index is 1.71. The molecule has 1 aromatic carbocycles. The first-order valence-electron chi connectivity index (χ1n) is 8.21. The maximum atomic E-state index is 10.7. The number of likely N-dealkylation sites (N-methyl/N-ethyl adjacent to an activating group) is 1. The number of H-pyrrole nitrogens is 1. The van der Waals surface area contributed by atoms with Crippen molar-refractivity contribution in [3.63, 3.8) is 0 Å². The van der Waals surface area contributed by atoms with Crippen LogP contribution in [0.15, 0.2) is 24.4 Å². The van der Waals surface area contributed by atoms with Crippen LogP contribution in [0.25, 0.3) is 10.9 Å². The van der Waals surface area contributed by atoms with Gasteiger partial charge in [0.15, 0.2) is 0 Å². The quantitative estimate of drug-likeness (QED) is 0.574. The second kappa shape index (κ2) is 6.69. The number of piperazine rings is 1. The number of methoxy groups -OCH3 is 1. The van der Waals surface area contributed by atoms with E-state index in [-0.39, 0.29) is 0 Å². The van der Waals surface area contributed by atoms with E-state index in [2.05, 4.69) is 11.9 Å². The Labute approximate surface area is 131 Å². The lowest BCUT2D eigenvalue weighted by Crippen LogP contribution is -3.28. The molecule has 5 nitrogen and oxygen atoms in total. The average molecular weight is 305 g/mol. The first-order chi connectivity index (χ1) is 10.7. The average Bonchev–Trinajstić information content (AvgIpc) is 2.98. The largest absolute Gasteiger partial charge is 0.497 e. The van der Waals surface area contributed by atoms with Crippen molar-refractivity contribution in [1.29, 1.82) is 0 Å². The second-order valence-electron chi connectivity index (χ2n) is 6.23. The highest BCUT2D eigenvalue weighted by Gasteiger charge is 2.25. The molecule has 0 unspecified atom stereocenters. The van der Waals surface area contributed by atoms with Gasteiger partial charge in [0.1, 0.15) is 44.6 Å². The van der Waals surface area contributed by atoms with Gasteiger partial charge in [-0.3, -0.25) is 0 Å². The summed E-state index contributed by atoms with van der Waals surface area (Å²) in [4.78, 5) is 6.42. The van der Waals surface area contributed by atoms with E-state index in [1.165, 1.54) is 24.5 Å². The van der Waals surface area contributed by atoms with Crippen LogP contribution in [0.3, 0.4) is 0 Å². The first kappa shape index (κ1) is 15.3. The predicted molar refractivity (Wildman–Crippen MR) is 86.6 cm³/mol. The molecule has 3 rings (SSSR count). The van der Waals surface area contributed by atoms with Crippen molar-refractivity contribution in [2.45, 2.75) is 13.0 Å². The van der Waals surface area contributed by atoms with E-state index in [9.17, 15) is 5.11 Å². The summed E-state index contributed by atoms with van der Waals surface area (Å²) < 4.78 is 5.30. The Kier molecular flexibility index (Phi) is 4.66. The number of aromatic amines is 1. The Morgan fingerprint density at radius 1 is 1.23 bits per heavy atom. The minimum Gasteiger partial charge on any atom is -0.497 e. The molecule has 0 radical (unpaired) electrons. The van der Waals surface area contributed by atoms with Crippen molar-refractivity contribution < 1.29 is 19.6 Å². The first-order valence-corrected chi connectivity index (χ1v) is 8.21. The van der Waals surface area contributed by atoms with E-state index in [1.54, 1.807) is 12.0 Å². The molecule has 0 spiro atoms. The van der Waals surface area contributed by atoms with Crippen LogP contribution >= 0.6 is 0 Å². The molecule has 120 valence electrons. The molecule has 1 aliphatic rings. The molecule has 22 heavy (non-hydrogen) atoms. The highest BCUT2D eigenvalue weighted by molar-refractivity contribution is 5.85. The number of rotatable bonds is 5. The minimum atomic E-state index is -0.431. The third-order valence-corrected chi connectivity index (χ3v) is 4.93. The predicted octanol–water partition coefficient (Wildman–Crippen LogP) is -0.987. The Morgan fingerprint density at radius 3 is 2.64 bits per heavy atom. The third kappa shape index (κ3) is 3.11. The molecule has 1 saturated heterocycles. The van der Waals surface area contributed by atoms with Crippen molar-refractivity contribution >= 4 is 10.9 Å². The second-order valence-corrected chi connectivity index (χ2v) is 6.23.